The van der Waals surface area contributed by atoms with E-state index in [-0.39, 0.29) is 15.7 Å². The minimum absolute atomic E-state index is 0.0370. The first-order valence-electron chi connectivity index (χ1n) is 7.60. The van der Waals surface area contributed by atoms with Gasteiger partial charge in [-0.25, -0.2) is 13.8 Å². The van der Waals surface area contributed by atoms with E-state index in [0.29, 0.717) is 11.3 Å². The van der Waals surface area contributed by atoms with Gasteiger partial charge in [0.15, 0.2) is 0 Å². The average Bonchev–Trinajstić information content (AvgIpc) is 2.62. The number of para-hydroxylation sites is 1. The maximum atomic E-state index is 12.2. The zero-order valence-corrected chi connectivity index (χ0v) is 16.8. The number of carbonyl (C=O) groups excluding carboxylic acids is 1. The second-order valence-electron chi connectivity index (χ2n) is 5.38. The molecule has 1 amide bonds. The topological polar surface area (TPSA) is 88.1 Å². The van der Waals surface area contributed by atoms with Crippen LogP contribution >= 0.6 is 23.2 Å². The number of sulfonamides is 1. The van der Waals surface area contributed by atoms with Crippen molar-refractivity contribution in [3.8, 4) is 5.75 Å². The number of carbonyl (C=O) groups is 1. The average molecular weight is 430 g/mol. The lowest BCUT2D eigenvalue weighted by molar-refractivity contribution is -0.119. The van der Waals surface area contributed by atoms with Crippen LogP contribution in [0.15, 0.2) is 47.6 Å². The van der Waals surface area contributed by atoms with E-state index in [4.69, 9.17) is 27.9 Å². The van der Waals surface area contributed by atoms with Gasteiger partial charge in [-0.3, -0.25) is 9.10 Å². The minimum atomic E-state index is -3.78. The molecule has 0 aliphatic rings. The third-order valence-corrected chi connectivity index (χ3v) is 5.35. The number of halogens is 2. The van der Waals surface area contributed by atoms with Gasteiger partial charge in [-0.05, 0) is 24.3 Å². The molecule has 0 fully saturated rings. The van der Waals surface area contributed by atoms with Crippen LogP contribution in [0, 0.1) is 0 Å². The second-order valence-corrected chi connectivity index (χ2v) is 8.07. The summed E-state index contributed by atoms with van der Waals surface area (Å²) in [6.07, 6.45) is 2.36. The molecule has 0 unspecified atom stereocenters. The Morgan fingerprint density at radius 3 is 2.59 bits per heavy atom. The molecule has 1 N–H and O–H groups in total. The summed E-state index contributed by atoms with van der Waals surface area (Å²) in [5.74, 6) is -0.0680. The Labute approximate surface area is 167 Å². The molecule has 10 heteroatoms. The predicted octanol–water partition coefficient (Wildman–Crippen LogP) is 2.92. The summed E-state index contributed by atoms with van der Waals surface area (Å²) >= 11 is 12.0. The zero-order valence-electron chi connectivity index (χ0n) is 14.5. The number of nitrogens with one attached hydrogen (secondary N) is 1. The monoisotopic (exact) mass is 429 g/mol. The normalized spacial score (nSPS) is 11.4. The van der Waals surface area contributed by atoms with E-state index in [1.54, 1.807) is 30.3 Å². The molecule has 0 atom stereocenters. The standard InChI is InChI=1S/C17H17Cl2N3O4S/c1-26-15-9-4-3-6-12(15)10-20-21-16(23)11-22(27(2,24)25)14-8-5-7-13(18)17(14)19/h3-10H,11H2,1-2H3,(H,21,23)/b20-10-. The number of hydrogen-bond donors (Lipinski definition) is 1. The van der Waals surface area contributed by atoms with E-state index < -0.39 is 22.5 Å². The highest BCUT2D eigenvalue weighted by Crippen LogP contribution is 2.33. The van der Waals surface area contributed by atoms with Gasteiger partial charge >= 0.3 is 0 Å². The van der Waals surface area contributed by atoms with Gasteiger partial charge in [0.1, 0.15) is 12.3 Å². The summed E-state index contributed by atoms with van der Waals surface area (Å²) < 4.78 is 30.2. The summed E-state index contributed by atoms with van der Waals surface area (Å²) in [6, 6.07) is 11.6. The van der Waals surface area contributed by atoms with Crippen LogP contribution < -0.4 is 14.5 Å². The summed E-state index contributed by atoms with van der Waals surface area (Å²) in [5, 5.41) is 4.05. The lowest BCUT2D eigenvalue weighted by atomic mass is 10.2. The molecule has 2 rings (SSSR count). The van der Waals surface area contributed by atoms with Crippen molar-refractivity contribution in [1.29, 1.82) is 0 Å². The van der Waals surface area contributed by atoms with Gasteiger partial charge in [0.25, 0.3) is 5.91 Å². The Balaban J connectivity index is 2.15. The van der Waals surface area contributed by atoms with Crippen LogP contribution in [-0.4, -0.2) is 40.4 Å². The molecular formula is C17H17Cl2N3O4S. The van der Waals surface area contributed by atoms with Gasteiger partial charge in [0.2, 0.25) is 10.0 Å². The van der Waals surface area contributed by atoms with Crippen molar-refractivity contribution in [2.75, 3.05) is 24.2 Å². The molecule has 0 heterocycles. The van der Waals surface area contributed by atoms with Crippen LogP contribution in [0.5, 0.6) is 5.75 Å². The molecule has 144 valence electrons. The fourth-order valence-corrected chi connectivity index (χ4v) is 3.49. The Morgan fingerprint density at radius 1 is 1.22 bits per heavy atom. The largest absolute Gasteiger partial charge is 0.496 e. The fourth-order valence-electron chi connectivity index (χ4n) is 2.18. The van der Waals surface area contributed by atoms with E-state index in [9.17, 15) is 13.2 Å². The number of methoxy groups -OCH3 is 1. The summed E-state index contributed by atoms with van der Waals surface area (Å²) in [7, 11) is -2.26. The maximum Gasteiger partial charge on any atom is 0.260 e. The summed E-state index contributed by atoms with van der Waals surface area (Å²) in [6.45, 7) is -0.512. The smallest absolute Gasteiger partial charge is 0.260 e. The van der Waals surface area contributed by atoms with Gasteiger partial charge in [0, 0.05) is 5.56 Å². The van der Waals surface area contributed by atoms with Crippen LogP contribution in [0.4, 0.5) is 5.69 Å². The van der Waals surface area contributed by atoms with Crippen LogP contribution in [0.25, 0.3) is 0 Å². The Bertz CT molecular complexity index is 964. The highest BCUT2D eigenvalue weighted by molar-refractivity contribution is 7.92. The summed E-state index contributed by atoms with van der Waals surface area (Å²) in [5.41, 5.74) is 3.04. The number of rotatable bonds is 7. The van der Waals surface area contributed by atoms with E-state index >= 15 is 0 Å². The van der Waals surface area contributed by atoms with Crippen LogP contribution in [-0.2, 0) is 14.8 Å². The molecule has 0 saturated heterocycles. The Morgan fingerprint density at radius 2 is 1.93 bits per heavy atom. The SMILES string of the molecule is COc1ccccc1/C=N\NC(=O)CN(c1cccc(Cl)c1Cl)S(C)(=O)=O. The number of hydrazone groups is 1. The Kier molecular flexibility index (Phi) is 7.06. The van der Waals surface area contributed by atoms with Crippen molar-refractivity contribution >= 4 is 51.0 Å². The van der Waals surface area contributed by atoms with Crippen LogP contribution in [0.3, 0.4) is 0 Å². The van der Waals surface area contributed by atoms with Crippen LogP contribution in [0.1, 0.15) is 5.56 Å². The van der Waals surface area contributed by atoms with Gasteiger partial charge in [-0.2, -0.15) is 5.10 Å². The van der Waals surface area contributed by atoms with Crippen molar-refractivity contribution < 1.29 is 17.9 Å². The number of benzene rings is 2. The van der Waals surface area contributed by atoms with Gasteiger partial charge in [-0.1, -0.05) is 41.4 Å². The minimum Gasteiger partial charge on any atom is -0.496 e. The van der Waals surface area contributed by atoms with Crippen molar-refractivity contribution in [3.05, 3.63) is 58.1 Å². The third-order valence-electron chi connectivity index (χ3n) is 3.42. The van der Waals surface area contributed by atoms with Crippen molar-refractivity contribution in [1.82, 2.24) is 5.43 Å². The van der Waals surface area contributed by atoms with E-state index in [1.165, 1.54) is 25.5 Å². The van der Waals surface area contributed by atoms with Gasteiger partial charge in [-0.15, -0.1) is 0 Å². The van der Waals surface area contributed by atoms with Gasteiger partial charge < -0.3 is 4.74 Å². The first-order chi connectivity index (χ1) is 12.7. The maximum absolute atomic E-state index is 12.2. The van der Waals surface area contributed by atoms with E-state index in [1.807, 2.05) is 0 Å². The molecule has 0 radical (unpaired) electrons. The first kappa shape index (κ1) is 21.0. The summed E-state index contributed by atoms with van der Waals surface area (Å²) in [4.78, 5) is 12.2. The van der Waals surface area contributed by atoms with E-state index in [0.717, 1.165) is 10.6 Å². The van der Waals surface area contributed by atoms with Crippen molar-refractivity contribution in [2.45, 2.75) is 0 Å². The number of anilines is 1. The molecule has 0 spiro atoms. The van der Waals surface area contributed by atoms with Crippen LogP contribution in [0.2, 0.25) is 10.0 Å². The van der Waals surface area contributed by atoms with Gasteiger partial charge in [0.05, 0.1) is 35.3 Å². The van der Waals surface area contributed by atoms with Crippen molar-refractivity contribution in [3.63, 3.8) is 0 Å². The lowest BCUT2D eigenvalue weighted by Gasteiger charge is -2.22. The molecule has 0 aromatic heterocycles. The zero-order chi connectivity index (χ0) is 20.0. The second kappa shape index (κ2) is 9.07. The molecule has 2 aromatic carbocycles. The quantitative estimate of drug-likeness (QED) is 0.541. The molecule has 27 heavy (non-hydrogen) atoms. The fraction of sp³-hybridized carbons (Fsp3) is 0.176. The molecule has 7 nitrogen and oxygen atoms in total. The number of nitrogens with zero attached hydrogens (tertiary/aromatic N) is 2. The Hall–Kier alpha value is -2.29. The van der Waals surface area contributed by atoms with Crippen molar-refractivity contribution in [2.24, 2.45) is 5.10 Å². The highest BCUT2D eigenvalue weighted by Gasteiger charge is 2.23. The number of ether oxygens (including phenoxy) is 1. The lowest BCUT2D eigenvalue weighted by Crippen LogP contribution is -2.39. The molecule has 0 aliphatic carbocycles. The third kappa shape index (κ3) is 5.59. The predicted molar refractivity (Wildman–Crippen MR) is 107 cm³/mol. The first-order valence-corrected chi connectivity index (χ1v) is 10.2. The molecule has 2 aromatic rings. The molecular weight excluding hydrogens is 413 g/mol. The van der Waals surface area contributed by atoms with E-state index in [2.05, 4.69) is 10.5 Å². The molecule has 0 saturated carbocycles. The number of hydrogen-bond acceptors (Lipinski definition) is 5. The molecule has 0 aliphatic heterocycles. The molecule has 0 bridgehead atoms. The highest BCUT2D eigenvalue weighted by atomic mass is 35.5. The number of amides is 1.